The van der Waals surface area contributed by atoms with Crippen LogP contribution in [0.1, 0.15) is 18.1 Å². The highest BCUT2D eigenvalue weighted by atomic mass is 35.5. The molecule has 0 saturated carbocycles. The number of hydrogen-bond donors (Lipinski definition) is 1. The molecule has 0 aromatic heterocycles. The van der Waals surface area contributed by atoms with Gasteiger partial charge in [-0.3, -0.25) is 0 Å². The Hall–Kier alpha value is -1.49. The normalized spacial score (nSPS) is 10.7. The van der Waals surface area contributed by atoms with Crippen molar-refractivity contribution < 1.29 is 13.9 Å². The molecule has 6 heteroatoms. The smallest absolute Gasteiger partial charge is 0.180 e. The third-order valence-corrected chi connectivity index (χ3v) is 3.86. The van der Waals surface area contributed by atoms with Crippen LogP contribution in [0, 0.1) is 5.82 Å². The van der Waals surface area contributed by atoms with E-state index in [4.69, 9.17) is 38.4 Å². The van der Waals surface area contributed by atoms with Crippen LogP contribution in [-0.4, -0.2) is 13.2 Å². The molecular formula is C17H18Cl2FNO2. The number of nitrogens with two attached hydrogens (primary N) is 1. The number of hydrogen-bond acceptors (Lipinski definition) is 3. The van der Waals surface area contributed by atoms with E-state index in [1.807, 2.05) is 13.0 Å². The quantitative estimate of drug-likeness (QED) is 0.786. The fourth-order valence-electron chi connectivity index (χ4n) is 2.15. The largest absolute Gasteiger partial charge is 0.490 e. The van der Waals surface area contributed by atoms with E-state index in [1.54, 1.807) is 18.2 Å². The Bertz CT molecular complexity index is 660. The fraction of sp³-hybridized carbons (Fsp3) is 0.294. The maximum absolute atomic E-state index is 13.8. The molecule has 0 saturated heterocycles. The first-order valence-corrected chi connectivity index (χ1v) is 8.03. The molecule has 2 aromatic rings. The van der Waals surface area contributed by atoms with Crippen molar-refractivity contribution in [1.82, 2.24) is 0 Å². The molecule has 3 nitrogen and oxygen atoms in total. The van der Waals surface area contributed by atoms with Crippen molar-refractivity contribution in [1.29, 1.82) is 0 Å². The van der Waals surface area contributed by atoms with Crippen LogP contribution in [-0.2, 0) is 13.0 Å². The molecule has 23 heavy (non-hydrogen) atoms. The minimum atomic E-state index is -0.425. The highest BCUT2D eigenvalue weighted by molar-refractivity contribution is 6.32. The van der Waals surface area contributed by atoms with Gasteiger partial charge in [-0.05, 0) is 49.7 Å². The first-order valence-electron chi connectivity index (χ1n) is 7.27. The average Bonchev–Trinajstić information content (AvgIpc) is 2.49. The molecule has 2 aromatic carbocycles. The Labute approximate surface area is 145 Å². The van der Waals surface area contributed by atoms with E-state index < -0.39 is 5.82 Å². The maximum atomic E-state index is 13.8. The van der Waals surface area contributed by atoms with Crippen LogP contribution in [0.2, 0.25) is 10.0 Å². The molecule has 2 N–H and O–H groups in total. The summed E-state index contributed by atoms with van der Waals surface area (Å²) in [4.78, 5) is 0. The summed E-state index contributed by atoms with van der Waals surface area (Å²) in [5.74, 6) is 0.454. The van der Waals surface area contributed by atoms with Gasteiger partial charge in [0.05, 0.1) is 16.7 Å². The first-order chi connectivity index (χ1) is 11.1. The summed E-state index contributed by atoms with van der Waals surface area (Å²) in [6.45, 7) is 2.79. The molecule has 0 amide bonds. The van der Waals surface area contributed by atoms with Crippen molar-refractivity contribution in [3.8, 4) is 11.5 Å². The number of rotatable bonds is 7. The molecule has 0 fully saturated rings. The summed E-state index contributed by atoms with van der Waals surface area (Å²) in [5.41, 5.74) is 6.80. The summed E-state index contributed by atoms with van der Waals surface area (Å²) < 4.78 is 25.1. The van der Waals surface area contributed by atoms with E-state index in [0.717, 1.165) is 5.56 Å². The summed E-state index contributed by atoms with van der Waals surface area (Å²) in [6.07, 6.45) is 0.680. The molecule has 0 aliphatic rings. The molecule has 0 heterocycles. The van der Waals surface area contributed by atoms with Crippen LogP contribution >= 0.6 is 23.2 Å². The van der Waals surface area contributed by atoms with Crippen molar-refractivity contribution in [2.45, 2.75) is 20.0 Å². The third kappa shape index (κ3) is 4.50. The molecule has 0 spiro atoms. The lowest BCUT2D eigenvalue weighted by Gasteiger charge is -2.16. The zero-order valence-electron chi connectivity index (χ0n) is 12.7. The Morgan fingerprint density at radius 3 is 2.57 bits per heavy atom. The van der Waals surface area contributed by atoms with Gasteiger partial charge in [0, 0.05) is 5.56 Å². The van der Waals surface area contributed by atoms with Gasteiger partial charge in [-0.2, -0.15) is 0 Å². The van der Waals surface area contributed by atoms with Gasteiger partial charge in [0.15, 0.2) is 11.5 Å². The Morgan fingerprint density at radius 1 is 1.13 bits per heavy atom. The Morgan fingerprint density at radius 2 is 1.91 bits per heavy atom. The zero-order valence-corrected chi connectivity index (χ0v) is 14.3. The summed E-state index contributed by atoms with van der Waals surface area (Å²) in [5, 5.41) is 0.700. The van der Waals surface area contributed by atoms with Gasteiger partial charge in [-0.1, -0.05) is 29.3 Å². The van der Waals surface area contributed by atoms with Crippen molar-refractivity contribution in [2.75, 3.05) is 13.2 Å². The van der Waals surface area contributed by atoms with Crippen LogP contribution in [0.4, 0.5) is 4.39 Å². The molecule has 0 radical (unpaired) electrons. The van der Waals surface area contributed by atoms with Crippen LogP contribution in [0.5, 0.6) is 11.5 Å². The lowest BCUT2D eigenvalue weighted by molar-refractivity contribution is 0.266. The maximum Gasteiger partial charge on any atom is 0.180 e. The molecule has 124 valence electrons. The molecule has 0 aliphatic heterocycles. The second kappa shape index (κ2) is 8.39. The van der Waals surface area contributed by atoms with Crippen molar-refractivity contribution >= 4 is 23.2 Å². The van der Waals surface area contributed by atoms with Gasteiger partial charge in [0.25, 0.3) is 0 Å². The van der Waals surface area contributed by atoms with Crippen molar-refractivity contribution in [3.05, 3.63) is 57.3 Å². The predicted octanol–water partition coefficient (Wildman–Crippen LogP) is 4.61. The highest BCUT2D eigenvalue weighted by Gasteiger charge is 2.15. The van der Waals surface area contributed by atoms with Gasteiger partial charge in [-0.15, -0.1) is 0 Å². The minimum Gasteiger partial charge on any atom is -0.490 e. The SMILES string of the molecule is CCOc1cc(CCN)cc(Cl)c1OCc1c(F)cccc1Cl. The van der Waals surface area contributed by atoms with Crippen LogP contribution < -0.4 is 15.2 Å². The van der Waals surface area contributed by atoms with Gasteiger partial charge >= 0.3 is 0 Å². The number of benzene rings is 2. The van der Waals surface area contributed by atoms with E-state index >= 15 is 0 Å². The Kier molecular flexibility index (Phi) is 6.51. The van der Waals surface area contributed by atoms with Crippen LogP contribution in [0.3, 0.4) is 0 Å². The van der Waals surface area contributed by atoms with Crippen molar-refractivity contribution in [2.24, 2.45) is 5.73 Å². The lowest BCUT2D eigenvalue weighted by Crippen LogP contribution is -2.06. The molecule has 0 atom stereocenters. The van der Waals surface area contributed by atoms with E-state index in [-0.39, 0.29) is 12.2 Å². The van der Waals surface area contributed by atoms with Crippen LogP contribution in [0.25, 0.3) is 0 Å². The van der Waals surface area contributed by atoms with Gasteiger partial charge in [0.2, 0.25) is 0 Å². The second-order valence-electron chi connectivity index (χ2n) is 4.87. The second-order valence-corrected chi connectivity index (χ2v) is 5.68. The summed E-state index contributed by atoms with van der Waals surface area (Å²) in [6, 6.07) is 8.09. The fourth-order valence-corrected chi connectivity index (χ4v) is 2.66. The van der Waals surface area contributed by atoms with Crippen LogP contribution in [0.15, 0.2) is 30.3 Å². The topological polar surface area (TPSA) is 44.5 Å². The summed E-state index contributed by atoms with van der Waals surface area (Å²) >= 11 is 12.3. The Balaban J connectivity index is 2.28. The molecule has 0 aliphatic carbocycles. The summed E-state index contributed by atoms with van der Waals surface area (Å²) in [7, 11) is 0. The zero-order chi connectivity index (χ0) is 16.8. The number of halogens is 3. The highest BCUT2D eigenvalue weighted by Crippen LogP contribution is 2.37. The minimum absolute atomic E-state index is 0.0401. The van der Waals surface area contributed by atoms with Crippen molar-refractivity contribution in [3.63, 3.8) is 0 Å². The van der Waals surface area contributed by atoms with E-state index in [2.05, 4.69) is 0 Å². The van der Waals surface area contributed by atoms with E-state index in [1.165, 1.54) is 6.07 Å². The van der Waals surface area contributed by atoms with Gasteiger partial charge < -0.3 is 15.2 Å². The average molecular weight is 358 g/mol. The molecule has 2 rings (SSSR count). The number of ether oxygens (including phenoxy) is 2. The standard InChI is InChI=1S/C17H18Cl2FNO2/c1-2-22-16-9-11(6-7-21)8-14(19)17(16)23-10-12-13(18)4-3-5-15(12)20/h3-5,8-9H,2,6-7,10,21H2,1H3. The molecular weight excluding hydrogens is 340 g/mol. The van der Waals surface area contributed by atoms with Gasteiger partial charge in [0.1, 0.15) is 12.4 Å². The lowest BCUT2D eigenvalue weighted by atomic mass is 10.1. The predicted molar refractivity (Wildman–Crippen MR) is 91.1 cm³/mol. The molecule has 0 bridgehead atoms. The van der Waals surface area contributed by atoms with E-state index in [9.17, 15) is 4.39 Å². The van der Waals surface area contributed by atoms with Gasteiger partial charge in [-0.25, -0.2) is 4.39 Å². The molecule has 0 unspecified atom stereocenters. The van der Waals surface area contributed by atoms with E-state index in [0.29, 0.717) is 41.1 Å². The monoisotopic (exact) mass is 357 g/mol. The third-order valence-electron chi connectivity index (χ3n) is 3.22. The first kappa shape index (κ1) is 17.9.